The number of halogens is 4. The van der Waals surface area contributed by atoms with E-state index >= 15 is 0 Å². The molecule has 3 nitrogen and oxygen atoms in total. The molecule has 0 saturated carbocycles. The van der Waals surface area contributed by atoms with Crippen LogP contribution >= 0.6 is 39.1 Å². The van der Waals surface area contributed by atoms with Gasteiger partial charge >= 0.3 is 0 Å². The molecule has 0 bridgehead atoms. The highest BCUT2D eigenvalue weighted by Crippen LogP contribution is 2.22. The van der Waals surface area contributed by atoms with E-state index in [-0.39, 0.29) is 20.3 Å². The average Bonchev–Trinajstić information content (AvgIpc) is 2.33. The fraction of sp³-hybridized carbons (Fsp3) is 0. The van der Waals surface area contributed by atoms with Crippen molar-refractivity contribution in [2.24, 2.45) is 0 Å². The molecule has 1 aromatic carbocycles. The van der Waals surface area contributed by atoms with Gasteiger partial charge in [-0.25, -0.2) is 9.37 Å². The number of nitrogens with zero attached hydrogens (tertiary/aromatic N) is 1. The standard InChI is InChI=1S/C12H6BrCl2FN2O/c13-8-5-6(1-3-9(8)16)17-12(19)7-2-4-10(14)18-11(7)15/h1-5H,(H,17,19). The van der Waals surface area contributed by atoms with Gasteiger partial charge in [-0.2, -0.15) is 0 Å². The molecule has 2 rings (SSSR count). The van der Waals surface area contributed by atoms with Crippen LogP contribution in [0, 0.1) is 5.82 Å². The van der Waals surface area contributed by atoms with Gasteiger partial charge in [0, 0.05) is 5.69 Å². The normalized spacial score (nSPS) is 10.3. The molecule has 1 amide bonds. The third-order valence-corrected chi connectivity index (χ3v) is 3.34. The van der Waals surface area contributed by atoms with Crippen molar-refractivity contribution in [3.63, 3.8) is 0 Å². The number of rotatable bonds is 2. The fourth-order valence-electron chi connectivity index (χ4n) is 1.35. The van der Waals surface area contributed by atoms with E-state index in [4.69, 9.17) is 23.2 Å². The molecule has 0 atom stereocenters. The summed E-state index contributed by atoms with van der Waals surface area (Å²) in [5.41, 5.74) is 0.621. The minimum atomic E-state index is -0.451. The monoisotopic (exact) mass is 362 g/mol. The van der Waals surface area contributed by atoms with Gasteiger partial charge in [0.05, 0.1) is 10.0 Å². The van der Waals surface area contributed by atoms with Crippen LogP contribution < -0.4 is 5.32 Å². The fourth-order valence-corrected chi connectivity index (χ4v) is 2.16. The van der Waals surface area contributed by atoms with Crippen molar-refractivity contribution in [2.75, 3.05) is 5.32 Å². The summed E-state index contributed by atoms with van der Waals surface area (Å²) >= 11 is 14.5. The molecule has 1 aromatic heterocycles. The molecule has 0 spiro atoms. The van der Waals surface area contributed by atoms with Crippen molar-refractivity contribution in [3.05, 3.63) is 56.5 Å². The van der Waals surface area contributed by atoms with Crippen LogP contribution in [0.2, 0.25) is 10.3 Å². The van der Waals surface area contributed by atoms with Crippen LogP contribution in [-0.4, -0.2) is 10.9 Å². The van der Waals surface area contributed by atoms with Crippen LogP contribution in [0.15, 0.2) is 34.8 Å². The first-order valence-electron chi connectivity index (χ1n) is 5.06. The van der Waals surface area contributed by atoms with Crippen LogP contribution in [0.5, 0.6) is 0 Å². The molecule has 0 aliphatic rings. The van der Waals surface area contributed by atoms with Crippen molar-refractivity contribution in [1.29, 1.82) is 0 Å². The summed E-state index contributed by atoms with van der Waals surface area (Å²) in [7, 11) is 0. The molecular weight excluding hydrogens is 358 g/mol. The summed E-state index contributed by atoms with van der Waals surface area (Å²) in [5, 5.41) is 2.79. The maximum absolute atomic E-state index is 13.1. The molecule has 0 unspecified atom stereocenters. The predicted octanol–water partition coefficient (Wildman–Crippen LogP) is 4.54. The van der Waals surface area contributed by atoms with E-state index in [1.54, 1.807) is 0 Å². The number of nitrogens with one attached hydrogen (secondary N) is 1. The highest BCUT2D eigenvalue weighted by molar-refractivity contribution is 9.10. The van der Waals surface area contributed by atoms with E-state index in [2.05, 4.69) is 26.2 Å². The Bertz CT molecular complexity index is 652. The zero-order valence-electron chi connectivity index (χ0n) is 9.25. The molecule has 0 saturated heterocycles. The predicted molar refractivity (Wildman–Crippen MR) is 76.3 cm³/mol. The number of carbonyl (C=O) groups excluding carboxylic acids is 1. The number of hydrogen-bond donors (Lipinski definition) is 1. The number of carbonyl (C=O) groups is 1. The number of aromatic nitrogens is 1. The van der Waals surface area contributed by atoms with Gasteiger partial charge in [0.2, 0.25) is 0 Å². The number of hydrogen-bond acceptors (Lipinski definition) is 2. The lowest BCUT2D eigenvalue weighted by atomic mass is 10.2. The smallest absolute Gasteiger partial charge is 0.258 e. The molecule has 19 heavy (non-hydrogen) atoms. The molecule has 2 aromatic rings. The molecular formula is C12H6BrCl2FN2O. The van der Waals surface area contributed by atoms with Gasteiger partial charge in [0.25, 0.3) is 5.91 Å². The quantitative estimate of drug-likeness (QED) is 0.795. The van der Waals surface area contributed by atoms with Gasteiger partial charge in [-0.15, -0.1) is 0 Å². The molecule has 0 fully saturated rings. The summed E-state index contributed by atoms with van der Waals surface area (Å²) in [6.07, 6.45) is 0. The Labute approximate surface area is 126 Å². The Kier molecular flexibility index (Phi) is 4.39. The van der Waals surface area contributed by atoms with Crippen LogP contribution in [0.1, 0.15) is 10.4 Å². The molecule has 98 valence electrons. The first-order chi connectivity index (χ1) is 8.97. The Balaban J connectivity index is 2.23. The van der Waals surface area contributed by atoms with Gasteiger partial charge < -0.3 is 5.32 Å². The van der Waals surface area contributed by atoms with Crippen LogP contribution in [-0.2, 0) is 0 Å². The van der Waals surface area contributed by atoms with Crippen molar-refractivity contribution >= 4 is 50.7 Å². The molecule has 0 radical (unpaired) electrons. The number of anilines is 1. The summed E-state index contributed by atoms with van der Waals surface area (Å²) in [5.74, 6) is -0.864. The number of pyridine rings is 1. The van der Waals surface area contributed by atoms with E-state index in [1.807, 2.05) is 0 Å². The molecule has 0 aliphatic heterocycles. The molecule has 1 N–H and O–H groups in total. The topological polar surface area (TPSA) is 42.0 Å². The Morgan fingerprint density at radius 2 is 2.00 bits per heavy atom. The van der Waals surface area contributed by atoms with Crippen molar-refractivity contribution < 1.29 is 9.18 Å². The number of benzene rings is 1. The lowest BCUT2D eigenvalue weighted by Crippen LogP contribution is -2.13. The summed E-state index contributed by atoms with van der Waals surface area (Å²) in [4.78, 5) is 15.7. The Hall–Kier alpha value is -1.17. The molecule has 1 heterocycles. The first kappa shape index (κ1) is 14.2. The molecule has 7 heteroatoms. The second-order valence-corrected chi connectivity index (χ2v) is 5.15. The zero-order chi connectivity index (χ0) is 14.0. The lowest BCUT2D eigenvalue weighted by Gasteiger charge is -2.07. The SMILES string of the molecule is O=C(Nc1ccc(F)c(Br)c1)c1ccc(Cl)nc1Cl. The highest BCUT2D eigenvalue weighted by Gasteiger charge is 2.12. The van der Waals surface area contributed by atoms with Gasteiger partial charge in [0.15, 0.2) is 0 Å². The van der Waals surface area contributed by atoms with E-state index < -0.39 is 11.7 Å². The van der Waals surface area contributed by atoms with Gasteiger partial charge in [-0.1, -0.05) is 23.2 Å². The van der Waals surface area contributed by atoms with Gasteiger partial charge in [-0.3, -0.25) is 4.79 Å². The van der Waals surface area contributed by atoms with E-state index in [0.29, 0.717) is 5.69 Å². The van der Waals surface area contributed by atoms with Crippen LogP contribution in [0.4, 0.5) is 10.1 Å². The van der Waals surface area contributed by atoms with E-state index in [0.717, 1.165) is 0 Å². The van der Waals surface area contributed by atoms with Crippen molar-refractivity contribution in [2.45, 2.75) is 0 Å². The van der Waals surface area contributed by atoms with Crippen molar-refractivity contribution in [3.8, 4) is 0 Å². The average molecular weight is 364 g/mol. The number of amides is 1. The van der Waals surface area contributed by atoms with Crippen LogP contribution in [0.3, 0.4) is 0 Å². The van der Waals surface area contributed by atoms with Gasteiger partial charge in [0.1, 0.15) is 16.1 Å². The summed E-state index contributed by atoms with van der Waals surface area (Å²) in [6, 6.07) is 7.05. The van der Waals surface area contributed by atoms with Crippen molar-refractivity contribution in [1.82, 2.24) is 4.98 Å². The second kappa shape index (κ2) is 5.86. The largest absolute Gasteiger partial charge is 0.322 e. The van der Waals surface area contributed by atoms with Gasteiger partial charge in [-0.05, 0) is 46.3 Å². The summed E-state index contributed by atoms with van der Waals surface area (Å²) in [6.45, 7) is 0. The second-order valence-electron chi connectivity index (χ2n) is 3.56. The van der Waals surface area contributed by atoms with E-state index in [1.165, 1.54) is 30.3 Å². The third-order valence-electron chi connectivity index (χ3n) is 2.24. The highest BCUT2D eigenvalue weighted by atomic mass is 79.9. The minimum Gasteiger partial charge on any atom is -0.322 e. The van der Waals surface area contributed by atoms with E-state index in [9.17, 15) is 9.18 Å². The maximum atomic E-state index is 13.1. The lowest BCUT2D eigenvalue weighted by molar-refractivity contribution is 0.102. The maximum Gasteiger partial charge on any atom is 0.258 e. The van der Waals surface area contributed by atoms with Crippen LogP contribution in [0.25, 0.3) is 0 Å². The first-order valence-corrected chi connectivity index (χ1v) is 6.60. The zero-order valence-corrected chi connectivity index (χ0v) is 12.4. The Morgan fingerprint density at radius 1 is 1.26 bits per heavy atom. The Morgan fingerprint density at radius 3 is 2.63 bits per heavy atom. The summed E-state index contributed by atoms with van der Waals surface area (Å²) < 4.78 is 13.3. The minimum absolute atomic E-state index is 0.00572. The molecule has 0 aliphatic carbocycles. The third kappa shape index (κ3) is 3.43.